The van der Waals surface area contributed by atoms with Crippen LogP contribution in [0, 0.1) is 0 Å². The highest BCUT2D eigenvalue weighted by Gasteiger charge is 2.12. The fourth-order valence-corrected chi connectivity index (χ4v) is 4.10. The summed E-state index contributed by atoms with van der Waals surface area (Å²) in [6.07, 6.45) is -0.618. The molecule has 0 bridgehead atoms. The molecule has 7 heteroatoms. The number of nitrogens with zero attached hydrogens (tertiary/aromatic N) is 1. The van der Waals surface area contributed by atoms with Gasteiger partial charge in [0.1, 0.15) is 6.10 Å². The minimum Gasteiger partial charge on any atom is -0.386 e. The molecule has 1 atom stereocenters. The lowest BCUT2D eigenvalue weighted by Crippen LogP contribution is -2.39. The van der Waals surface area contributed by atoms with Crippen molar-refractivity contribution in [1.82, 2.24) is 16.0 Å². The second kappa shape index (κ2) is 10.8. The second-order valence-electron chi connectivity index (χ2n) is 6.84. The van der Waals surface area contributed by atoms with Gasteiger partial charge in [0, 0.05) is 34.8 Å². The van der Waals surface area contributed by atoms with Gasteiger partial charge in [-0.2, -0.15) is 0 Å². The number of guanidine groups is 1. The fraction of sp³-hybridized carbons (Fsp3) is 0.304. The first-order chi connectivity index (χ1) is 14.6. The molecule has 30 heavy (non-hydrogen) atoms. The monoisotopic (exact) mass is 424 g/mol. The Morgan fingerprint density at radius 2 is 1.83 bits per heavy atom. The molecule has 0 radical (unpaired) electrons. The third-order valence-electron chi connectivity index (χ3n) is 4.53. The third kappa shape index (κ3) is 5.81. The van der Waals surface area contributed by atoms with Gasteiger partial charge in [0.15, 0.2) is 5.96 Å². The number of aliphatic hydroxyl groups excluding tert-OH is 1. The van der Waals surface area contributed by atoms with Crippen LogP contribution in [-0.4, -0.2) is 36.6 Å². The van der Waals surface area contributed by atoms with E-state index in [1.807, 2.05) is 50.2 Å². The molecule has 0 aliphatic carbocycles. The summed E-state index contributed by atoms with van der Waals surface area (Å²) < 4.78 is 1.17. The van der Waals surface area contributed by atoms with Crippen molar-refractivity contribution >= 4 is 33.3 Å². The fourth-order valence-electron chi connectivity index (χ4n) is 3.05. The summed E-state index contributed by atoms with van der Waals surface area (Å²) in [4.78, 5) is 17.5. The van der Waals surface area contributed by atoms with Crippen molar-refractivity contribution in [3.05, 3.63) is 70.6 Å². The highest BCUT2D eigenvalue weighted by molar-refractivity contribution is 7.19. The van der Waals surface area contributed by atoms with Gasteiger partial charge in [-0.15, -0.1) is 11.3 Å². The average molecular weight is 425 g/mol. The highest BCUT2D eigenvalue weighted by atomic mass is 32.1. The van der Waals surface area contributed by atoms with E-state index in [9.17, 15) is 9.90 Å². The van der Waals surface area contributed by atoms with Crippen LogP contribution in [0.3, 0.4) is 0 Å². The van der Waals surface area contributed by atoms with Crippen LogP contribution < -0.4 is 16.0 Å². The number of carbonyl (C=O) groups excluding carboxylic acids is 1. The van der Waals surface area contributed by atoms with Gasteiger partial charge in [0.25, 0.3) is 5.91 Å². The van der Waals surface area contributed by atoms with E-state index in [4.69, 9.17) is 0 Å². The van der Waals surface area contributed by atoms with E-state index in [1.165, 1.54) is 4.70 Å². The number of rotatable bonds is 8. The molecule has 0 aliphatic rings. The number of fused-ring (bicyclic) bond motifs is 1. The predicted molar refractivity (Wildman–Crippen MR) is 124 cm³/mol. The number of nitrogens with one attached hydrogen (secondary N) is 3. The van der Waals surface area contributed by atoms with E-state index in [0.29, 0.717) is 37.7 Å². The Morgan fingerprint density at radius 1 is 1.03 bits per heavy atom. The molecule has 2 aromatic carbocycles. The molecular weight excluding hydrogens is 396 g/mol. The zero-order chi connectivity index (χ0) is 21.3. The van der Waals surface area contributed by atoms with Crippen molar-refractivity contribution in [2.24, 2.45) is 4.99 Å². The predicted octanol–water partition coefficient (Wildman–Crippen LogP) is 3.44. The van der Waals surface area contributed by atoms with Crippen molar-refractivity contribution in [3.8, 4) is 0 Å². The van der Waals surface area contributed by atoms with Crippen LogP contribution in [0.5, 0.6) is 0 Å². The van der Waals surface area contributed by atoms with Gasteiger partial charge in [0.2, 0.25) is 0 Å². The van der Waals surface area contributed by atoms with Gasteiger partial charge >= 0.3 is 0 Å². The number of hydrogen-bond acceptors (Lipinski definition) is 4. The summed E-state index contributed by atoms with van der Waals surface area (Å²) in [5, 5.41) is 20.9. The van der Waals surface area contributed by atoms with Crippen LogP contribution in [0.2, 0.25) is 0 Å². The summed E-state index contributed by atoms with van der Waals surface area (Å²) >= 11 is 1.60. The highest BCUT2D eigenvalue weighted by Crippen LogP contribution is 2.29. The summed E-state index contributed by atoms with van der Waals surface area (Å²) in [5.74, 6) is 0.542. The number of benzene rings is 2. The minimum atomic E-state index is -0.618. The Kier molecular flexibility index (Phi) is 7.82. The zero-order valence-corrected chi connectivity index (χ0v) is 18.1. The first kappa shape index (κ1) is 21.8. The summed E-state index contributed by atoms with van der Waals surface area (Å²) in [5.41, 5.74) is 1.57. The van der Waals surface area contributed by atoms with E-state index in [-0.39, 0.29) is 5.91 Å². The molecule has 0 saturated heterocycles. The van der Waals surface area contributed by atoms with Gasteiger partial charge < -0.3 is 21.1 Å². The molecule has 0 saturated carbocycles. The van der Waals surface area contributed by atoms with Crippen molar-refractivity contribution in [3.63, 3.8) is 0 Å². The molecule has 0 spiro atoms. The molecule has 3 aromatic rings. The molecule has 0 aliphatic heterocycles. The van der Waals surface area contributed by atoms with Crippen LogP contribution in [0.1, 0.15) is 40.8 Å². The smallest absolute Gasteiger partial charge is 0.251 e. The summed E-state index contributed by atoms with van der Waals surface area (Å²) in [7, 11) is 0. The topological polar surface area (TPSA) is 85.8 Å². The first-order valence-electron chi connectivity index (χ1n) is 10.2. The van der Waals surface area contributed by atoms with E-state index in [1.54, 1.807) is 17.4 Å². The number of aliphatic hydroxyl groups is 1. The molecule has 0 fully saturated rings. The van der Waals surface area contributed by atoms with Gasteiger partial charge in [-0.25, -0.2) is 4.99 Å². The number of hydrogen-bond donors (Lipinski definition) is 4. The lowest BCUT2D eigenvalue weighted by Gasteiger charge is -2.14. The van der Waals surface area contributed by atoms with E-state index in [0.717, 1.165) is 15.8 Å². The summed E-state index contributed by atoms with van der Waals surface area (Å²) in [6, 6.07) is 17.6. The number of amides is 1. The minimum absolute atomic E-state index is 0.0835. The van der Waals surface area contributed by atoms with Gasteiger partial charge in [0.05, 0.1) is 6.54 Å². The van der Waals surface area contributed by atoms with Crippen molar-refractivity contribution in [1.29, 1.82) is 0 Å². The number of aliphatic imine (C=N–C) groups is 1. The van der Waals surface area contributed by atoms with Crippen LogP contribution in [0.15, 0.2) is 59.6 Å². The first-order valence-corrected chi connectivity index (χ1v) is 11.0. The largest absolute Gasteiger partial charge is 0.386 e. The standard InChI is InChI=1S/C23H28N4O2S/c1-3-24-22(29)18-10-7-8-16(12-18)14-26-23(25-4-2)27-15-19(28)21-13-17-9-5-6-11-20(17)30-21/h5-13,19,28H,3-4,14-15H2,1-2H3,(H,24,29)(H2,25,26,27). The average Bonchev–Trinajstić information content (AvgIpc) is 3.20. The van der Waals surface area contributed by atoms with Crippen molar-refractivity contribution in [2.45, 2.75) is 26.5 Å². The molecule has 1 amide bonds. The summed E-state index contributed by atoms with van der Waals surface area (Å²) in [6.45, 7) is 5.99. The lowest BCUT2D eigenvalue weighted by atomic mass is 10.1. The van der Waals surface area contributed by atoms with Crippen LogP contribution in [0.4, 0.5) is 0 Å². The van der Waals surface area contributed by atoms with Crippen LogP contribution >= 0.6 is 11.3 Å². The quantitative estimate of drug-likeness (QED) is 0.330. The van der Waals surface area contributed by atoms with E-state index in [2.05, 4.69) is 33.1 Å². The molecular formula is C23H28N4O2S. The Bertz CT molecular complexity index is 982. The van der Waals surface area contributed by atoms with Crippen molar-refractivity contribution in [2.75, 3.05) is 19.6 Å². The maximum Gasteiger partial charge on any atom is 0.251 e. The molecule has 158 valence electrons. The van der Waals surface area contributed by atoms with Crippen molar-refractivity contribution < 1.29 is 9.90 Å². The lowest BCUT2D eigenvalue weighted by molar-refractivity contribution is 0.0955. The molecule has 6 nitrogen and oxygen atoms in total. The number of carbonyl (C=O) groups is 1. The zero-order valence-electron chi connectivity index (χ0n) is 17.3. The Morgan fingerprint density at radius 3 is 2.60 bits per heavy atom. The maximum absolute atomic E-state index is 12.0. The molecule has 1 aromatic heterocycles. The Labute approximate surface area is 181 Å². The SMILES string of the molecule is CCNC(=O)c1cccc(CN=C(NCC)NCC(O)c2cc3ccccc3s2)c1. The second-order valence-corrected chi connectivity index (χ2v) is 7.95. The molecule has 4 N–H and O–H groups in total. The normalized spacial score (nSPS) is 12.6. The maximum atomic E-state index is 12.0. The molecule has 1 heterocycles. The Balaban J connectivity index is 1.63. The van der Waals surface area contributed by atoms with Crippen LogP contribution in [0.25, 0.3) is 10.1 Å². The van der Waals surface area contributed by atoms with Gasteiger partial charge in [-0.05, 0) is 49.1 Å². The van der Waals surface area contributed by atoms with Crippen LogP contribution in [-0.2, 0) is 6.54 Å². The molecule has 1 unspecified atom stereocenters. The van der Waals surface area contributed by atoms with E-state index < -0.39 is 6.10 Å². The number of thiophene rings is 1. The van der Waals surface area contributed by atoms with Gasteiger partial charge in [-0.1, -0.05) is 30.3 Å². The third-order valence-corrected chi connectivity index (χ3v) is 5.74. The Hall–Kier alpha value is -2.90. The van der Waals surface area contributed by atoms with Gasteiger partial charge in [-0.3, -0.25) is 4.79 Å². The van der Waals surface area contributed by atoms with E-state index >= 15 is 0 Å². The molecule has 3 rings (SSSR count).